The number of halogens is 2. The van der Waals surface area contributed by atoms with Crippen LogP contribution in [0.4, 0.5) is 5.69 Å². The zero-order valence-electron chi connectivity index (χ0n) is 7.49. The third kappa shape index (κ3) is 3.14. The number of benzene rings is 1. The molecule has 0 saturated carbocycles. The van der Waals surface area contributed by atoms with E-state index >= 15 is 0 Å². The fraction of sp³-hybridized carbons (Fsp3) is 0.250. The highest BCUT2D eigenvalue weighted by Crippen LogP contribution is 2.22. The number of nitro groups is 1. The lowest BCUT2D eigenvalue weighted by Crippen LogP contribution is -2.07. The minimum Gasteiger partial charge on any atom is -0.315 e. The summed E-state index contributed by atoms with van der Waals surface area (Å²) >= 11 is 5.71. The Kier molecular flexibility index (Phi) is 5.45. The van der Waals surface area contributed by atoms with Crippen LogP contribution in [-0.4, -0.2) is 12.0 Å². The summed E-state index contributed by atoms with van der Waals surface area (Å²) in [5.41, 5.74) is 0.693. The molecule has 1 aromatic rings. The van der Waals surface area contributed by atoms with Gasteiger partial charge in [0.15, 0.2) is 0 Å². The molecular formula is C8H10Cl2N2O2. The molecular weight excluding hydrogens is 227 g/mol. The summed E-state index contributed by atoms with van der Waals surface area (Å²) in [7, 11) is 1.73. The maximum Gasteiger partial charge on any atom is 0.273 e. The molecule has 0 fully saturated rings. The average Bonchev–Trinajstić information content (AvgIpc) is 2.04. The van der Waals surface area contributed by atoms with Gasteiger partial charge in [0.1, 0.15) is 0 Å². The zero-order chi connectivity index (χ0) is 9.84. The molecule has 0 heterocycles. The van der Waals surface area contributed by atoms with Crippen molar-refractivity contribution in [3.8, 4) is 0 Å². The largest absolute Gasteiger partial charge is 0.315 e. The van der Waals surface area contributed by atoms with E-state index < -0.39 is 4.92 Å². The molecule has 0 aliphatic rings. The summed E-state index contributed by atoms with van der Waals surface area (Å²) in [4.78, 5) is 10.1. The highest BCUT2D eigenvalue weighted by molar-refractivity contribution is 6.30. The monoisotopic (exact) mass is 236 g/mol. The second-order valence-corrected chi connectivity index (χ2v) is 3.00. The molecule has 0 atom stereocenters. The van der Waals surface area contributed by atoms with E-state index in [1.54, 1.807) is 13.1 Å². The van der Waals surface area contributed by atoms with E-state index in [1.807, 2.05) is 0 Å². The first kappa shape index (κ1) is 13.2. The molecule has 0 aromatic heterocycles. The van der Waals surface area contributed by atoms with Gasteiger partial charge in [-0.2, -0.15) is 0 Å². The van der Waals surface area contributed by atoms with Crippen LogP contribution in [0.25, 0.3) is 0 Å². The van der Waals surface area contributed by atoms with Crippen molar-refractivity contribution in [2.24, 2.45) is 0 Å². The van der Waals surface area contributed by atoms with E-state index in [9.17, 15) is 10.1 Å². The molecule has 1 rings (SSSR count). The molecule has 0 aliphatic carbocycles. The van der Waals surface area contributed by atoms with Gasteiger partial charge in [0, 0.05) is 23.2 Å². The van der Waals surface area contributed by atoms with Crippen LogP contribution in [0.2, 0.25) is 5.02 Å². The predicted octanol–water partition coefficient (Wildman–Crippen LogP) is 2.39. The quantitative estimate of drug-likeness (QED) is 0.648. The van der Waals surface area contributed by atoms with Crippen LogP contribution < -0.4 is 5.32 Å². The van der Waals surface area contributed by atoms with Gasteiger partial charge in [-0.15, -0.1) is 12.4 Å². The van der Waals surface area contributed by atoms with E-state index in [-0.39, 0.29) is 18.1 Å². The third-order valence-corrected chi connectivity index (χ3v) is 1.84. The highest BCUT2D eigenvalue weighted by atomic mass is 35.5. The van der Waals surface area contributed by atoms with Gasteiger partial charge in [-0.25, -0.2) is 0 Å². The molecule has 1 N–H and O–H groups in total. The molecule has 78 valence electrons. The number of nitro benzene ring substituents is 1. The molecule has 6 heteroatoms. The van der Waals surface area contributed by atoms with Crippen LogP contribution in [0.1, 0.15) is 5.56 Å². The first-order valence-electron chi connectivity index (χ1n) is 3.72. The van der Waals surface area contributed by atoms with Gasteiger partial charge in [-0.05, 0) is 19.2 Å². The van der Waals surface area contributed by atoms with Crippen molar-refractivity contribution in [1.29, 1.82) is 0 Å². The molecule has 0 saturated heterocycles. The van der Waals surface area contributed by atoms with Crippen LogP contribution in [0.5, 0.6) is 0 Å². The van der Waals surface area contributed by atoms with Crippen molar-refractivity contribution < 1.29 is 4.92 Å². The topological polar surface area (TPSA) is 55.2 Å². The number of rotatable bonds is 3. The summed E-state index contributed by atoms with van der Waals surface area (Å²) in [5.74, 6) is 0. The molecule has 0 amide bonds. The Hall–Kier alpha value is -0.840. The molecule has 0 unspecified atom stereocenters. The Morgan fingerprint density at radius 2 is 2.21 bits per heavy atom. The molecule has 0 aliphatic heterocycles. The van der Waals surface area contributed by atoms with Crippen molar-refractivity contribution in [1.82, 2.24) is 5.32 Å². The van der Waals surface area contributed by atoms with Crippen LogP contribution in [-0.2, 0) is 6.54 Å². The highest BCUT2D eigenvalue weighted by Gasteiger charge is 2.12. The lowest BCUT2D eigenvalue weighted by molar-refractivity contribution is -0.385. The summed E-state index contributed by atoms with van der Waals surface area (Å²) in [6.07, 6.45) is 0. The van der Waals surface area contributed by atoms with E-state index in [1.165, 1.54) is 12.1 Å². The Morgan fingerprint density at radius 1 is 1.57 bits per heavy atom. The van der Waals surface area contributed by atoms with Crippen molar-refractivity contribution in [2.75, 3.05) is 7.05 Å². The van der Waals surface area contributed by atoms with Crippen molar-refractivity contribution >= 4 is 29.7 Å². The van der Waals surface area contributed by atoms with Gasteiger partial charge < -0.3 is 5.32 Å². The smallest absolute Gasteiger partial charge is 0.273 e. The summed E-state index contributed by atoms with van der Waals surface area (Å²) in [6, 6.07) is 4.52. The fourth-order valence-electron chi connectivity index (χ4n) is 1.06. The second kappa shape index (κ2) is 5.80. The molecule has 0 spiro atoms. The van der Waals surface area contributed by atoms with Gasteiger partial charge in [-0.3, -0.25) is 10.1 Å². The van der Waals surface area contributed by atoms with Crippen molar-refractivity contribution in [3.05, 3.63) is 38.9 Å². The maximum absolute atomic E-state index is 10.5. The Balaban J connectivity index is 0.00000169. The number of nitrogens with zero attached hydrogens (tertiary/aromatic N) is 1. The summed E-state index contributed by atoms with van der Waals surface area (Å²) < 4.78 is 0. The first-order valence-corrected chi connectivity index (χ1v) is 4.10. The number of hydrogen-bond donors (Lipinski definition) is 1. The van der Waals surface area contributed by atoms with Crippen molar-refractivity contribution in [3.63, 3.8) is 0 Å². The predicted molar refractivity (Wildman–Crippen MR) is 58.1 cm³/mol. The molecule has 14 heavy (non-hydrogen) atoms. The normalized spacial score (nSPS) is 9.29. The van der Waals surface area contributed by atoms with Gasteiger partial charge in [0.2, 0.25) is 0 Å². The summed E-state index contributed by atoms with van der Waals surface area (Å²) in [5, 5.41) is 13.9. The van der Waals surface area contributed by atoms with E-state index in [0.717, 1.165) is 0 Å². The zero-order valence-corrected chi connectivity index (χ0v) is 9.06. The van der Waals surface area contributed by atoms with Gasteiger partial charge in [-0.1, -0.05) is 11.6 Å². The summed E-state index contributed by atoms with van der Waals surface area (Å²) in [6.45, 7) is 0.441. The van der Waals surface area contributed by atoms with E-state index in [0.29, 0.717) is 17.1 Å². The number of hydrogen-bond acceptors (Lipinski definition) is 3. The van der Waals surface area contributed by atoms with Gasteiger partial charge in [0.05, 0.1) is 4.92 Å². The van der Waals surface area contributed by atoms with Crippen LogP contribution in [0.3, 0.4) is 0 Å². The first-order chi connectivity index (χ1) is 6.15. The van der Waals surface area contributed by atoms with Crippen molar-refractivity contribution in [2.45, 2.75) is 6.54 Å². The lowest BCUT2D eigenvalue weighted by Gasteiger charge is -2.01. The lowest BCUT2D eigenvalue weighted by atomic mass is 10.2. The standard InChI is InChI=1S/C8H9ClN2O2.ClH/c1-10-5-6-4-7(9)2-3-8(6)11(12)13;/h2-4,10H,5H2,1H3;1H. The second-order valence-electron chi connectivity index (χ2n) is 2.56. The minimum absolute atomic E-state index is 0. The number of nitrogens with one attached hydrogen (secondary N) is 1. The minimum atomic E-state index is -0.414. The van der Waals surface area contributed by atoms with Gasteiger partial charge >= 0.3 is 0 Å². The van der Waals surface area contributed by atoms with E-state index in [2.05, 4.69) is 5.32 Å². The molecule has 4 nitrogen and oxygen atoms in total. The fourth-order valence-corrected chi connectivity index (χ4v) is 1.26. The van der Waals surface area contributed by atoms with Crippen LogP contribution in [0.15, 0.2) is 18.2 Å². The third-order valence-electron chi connectivity index (χ3n) is 1.61. The van der Waals surface area contributed by atoms with E-state index in [4.69, 9.17) is 11.6 Å². The Morgan fingerprint density at radius 3 is 2.71 bits per heavy atom. The SMILES string of the molecule is CNCc1cc(Cl)ccc1[N+](=O)[O-].Cl. The molecule has 0 radical (unpaired) electrons. The van der Waals surface area contributed by atoms with Crippen LogP contribution >= 0.6 is 24.0 Å². The average molecular weight is 237 g/mol. The molecule has 1 aromatic carbocycles. The van der Waals surface area contributed by atoms with Crippen LogP contribution in [0, 0.1) is 10.1 Å². The Bertz CT molecular complexity index is 331. The Labute approximate surface area is 92.8 Å². The molecule has 0 bridgehead atoms. The van der Waals surface area contributed by atoms with Gasteiger partial charge in [0.25, 0.3) is 5.69 Å². The maximum atomic E-state index is 10.5.